The van der Waals surface area contributed by atoms with E-state index in [2.05, 4.69) is 80.7 Å². The van der Waals surface area contributed by atoms with E-state index < -0.39 is 0 Å². The van der Waals surface area contributed by atoms with Crippen LogP contribution in [0, 0.1) is 20.8 Å². The van der Waals surface area contributed by atoms with Crippen molar-refractivity contribution in [1.29, 1.82) is 0 Å². The van der Waals surface area contributed by atoms with Crippen molar-refractivity contribution < 1.29 is 9.53 Å². The summed E-state index contributed by atoms with van der Waals surface area (Å²) in [4.78, 5) is 10.9. The number of aryl methyl sites for hydroxylation is 2. The van der Waals surface area contributed by atoms with Crippen LogP contribution in [0.3, 0.4) is 0 Å². The van der Waals surface area contributed by atoms with Crippen LogP contribution in [-0.2, 0) is 17.9 Å². The summed E-state index contributed by atoms with van der Waals surface area (Å²) in [5.74, 6) is 0.585. The molecule has 0 saturated heterocycles. The number of nitrogens with two attached hydrogens (primary N) is 1. The lowest BCUT2D eigenvalue weighted by Crippen LogP contribution is -2.22. The quantitative estimate of drug-likeness (QED) is 0.504. The molecule has 0 spiro atoms. The first-order chi connectivity index (χ1) is 14.5. The minimum atomic E-state index is -0.286. The summed E-state index contributed by atoms with van der Waals surface area (Å²) in [5.41, 5.74) is 13.6. The fourth-order valence-electron chi connectivity index (χ4n) is 3.67. The van der Waals surface area contributed by atoms with Gasteiger partial charge in [0.25, 0.3) is 0 Å². The van der Waals surface area contributed by atoms with E-state index in [1.54, 1.807) is 0 Å². The number of rotatable bonds is 9. The van der Waals surface area contributed by atoms with Crippen molar-refractivity contribution in [2.45, 2.75) is 40.3 Å². The van der Waals surface area contributed by atoms with Gasteiger partial charge in [0.2, 0.25) is 5.91 Å². The lowest BCUT2D eigenvalue weighted by Gasteiger charge is -2.16. The maximum atomic E-state index is 10.9. The van der Waals surface area contributed by atoms with Gasteiger partial charge in [0.1, 0.15) is 12.4 Å². The highest BCUT2D eigenvalue weighted by atomic mass is 16.5. The summed E-state index contributed by atoms with van der Waals surface area (Å²) in [5, 5.41) is 3.28. The van der Waals surface area contributed by atoms with E-state index in [0.717, 1.165) is 5.75 Å². The molecule has 0 fully saturated rings. The highest BCUT2D eigenvalue weighted by molar-refractivity contribution is 5.73. The van der Waals surface area contributed by atoms with Gasteiger partial charge >= 0.3 is 0 Å². The second-order valence-corrected chi connectivity index (χ2v) is 7.67. The van der Waals surface area contributed by atoms with Gasteiger partial charge < -0.3 is 15.8 Å². The predicted molar refractivity (Wildman–Crippen MR) is 122 cm³/mol. The van der Waals surface area contributed by atoms with Gasteiger partial charge in [-0.1, -0.05) is 48.5 Å². The average Bonchev–Trinajstić information content (AvgIpc) is 2.72. The van der Waals surface area contributed by atoms with Gasteiger partial charge in [0.05, 0.1) is 0 Å². The number of carbonyl (C=O) groups excluding carboxylic acids is 1. The number of hydrogen-bond acceptors (Lipinski definition) is 3. The van der Waals surface area contributed by atoms with E-state index in [9.17, 15) is 4.79 Å². The number of amides is 1. The summed E-state index contributed by atoms with van der Waals surface area (Å²) in [6.07, 6.45) is 0.348. The van der Waals surface area contributed by atoms with Gasteiger partial charge in [-0.2, -0.15) is 0 Å². The van der Waals surface area contributed by atoms with E-state index >= 15 is 0 Å². The minimum absolute atomic E-state index is 0.286. The summed E-state index contributed by atoms with van der Waals surface area (Å²) in [6, 6.07) is 21.0. The first-order valence-electron chi connectivity index (χ1n) is 10.3. The molecule has 156 valence electrons. The van der Waals surface area contributed by atoms with Crippen LogP contribution in [0.15, 0.2) is 60.7 Å². The lowest BCUT2D eigenvalue weighted by molar-refractivity contribution is -0.117. The molecule has 30 heavy (non-hydrogen) atoms. The van der Waals surface area contributed by atoms with Crippen LogP contribution in [0.1, 0.15) is 34.2 Å². The average molecular weight is 403 g/mol. The maximum Gasteiger partial charge on any atom is 0.218 e. The third-order valence-electron chi connectivity index (χ3n) is 5.44. The Labute approximate surface area is 179 Å². The summed E-state index contributed by atoms with van der Waals surface area (Å²) >= 11 is 0. The predicted octanol–water partition coefficient (Wildman–Crippen LogP) is 4.82. The molecule has 0 bridgehead atoms. The Bertz CT molecular complexity index is 990. The van der Waals surface area contributed by atoms with Crippen molar-refractivity contribution in [3.8, 4) is 16.9 Å². The molecule has 3 aromatic rings. The molecular formula is C26H30N2O2. The Morgan fingerprint density at radius 3 is 2.33 bits per heavy atom. The number of primary amides is 1. The van der Waals surface area contributed by atoms with Gasteiger partial charge in [0.15, 0.2) is 0 Å². The third-order valence-corrected chi connectivity index (χ3v) is 5.44. The largest absolute Gasteiger partial charge is 0.489 e. The molecule has 3 rings (SSSR count). The Kier molecular flexibility index (Phi) is 7.26. The van der Waals surface area contributed by atoms with E-state index in [4.69, 9.17) is 10.5 Å². The van der Waals surface area contributed by atoms with Crippen LogP contribution in [0.4, 0.5) is 0 Å². The molecule has 1 amide bonds. The van der Waals surface area contributed by atoms with Gasteiger partial charge in [-0.3, -0.25) is 4.79 Å². The first-order valence-corrected chi connectivity index (χ1v) is 10.3. The smallest absolute Gasteiger partial charge is 0.218 e. The second-order valence-electron chi connectivity index (χ2n) is 7.67. The van der Waals surface area contributed by atoms with Crippen LogP contribution in [0.5, 0.6) is 5.75 Å². The van der Waals surface area contributed by atoms with Crippen molar-refractivity contribution in [2.24, 2.45) is 5.73 Å². The fraction of sp³-hybridized carbons (Fsp3) is 0.269. The van der Waals surface area contributed by atoms with E-state index in [1.165, 1.54) is 38.9 Å². The number of ether oxygens (including phenoxy) is 1. The zero-order valence-corrected chi connectivity index (χ0v) is 18.0. The van der Waals surface area contributed by atoms with Gasteiger partial charge in [-0.05, 0) is 71.8 Å². The highest BCUT2D eigenvalue weighted by Gasteiger charge is 2.09. The molecular weight excluding hydrogens is 372 g/mol. The van der Waals surface area contributed by atoms with E-state index in [1.807, 2.05) is 6.07 Å². The Morgan fingerprint density at radius 1 is 0.967 bits per heavy atom. The molecule has 0 aliphatic carbocycles. The molecule has 0 aliphatic heterocycles. The molecule has 0 saturated carbocycles. The molecule has 3 N–H and O–H groups in total. The standard InChI is InChI=1S/C26H30N2O2/c1-18-14-23(15-19(2)25(18)16-28-13-12-26(27)29)30-17-22-10-7-11-24(20(22)3)21-8-5-4-6-9-21/h4-11,14-15,28H,12-13,16-17H2,1-3H3,(H2,27,29). The first kappa shape index (κ1) is 21.6. The van der Waals surface area contributed by atoms with Crippen LogP contribution >= 0.6 is 0 Å². The van der Waals surface area contributed by atoms with Crippen molar-refractivity contribution in [3.05, 3.63) is 88.5 Å². The van der Waals surface area contributed by atoms with E-state index in [0.29, 0.717) is 26.1 Å². The topological polar surface area (TPSA) is 64.3 Å². The van der Waals surface area contributed by atoms with Gasteiger partial charge in [0, 0.05) is 19.5 Å². The zero-order chi connectivity index (χ0) is 21.5. The van der Waals surface area contributed by atoms with Crippen molar-refractivity contribution in [2.75, 3.05) is 6.54 Å². The fourth-order valence-corrected chi connectivity index (χ4v) is 3.67. The molecule has 0 aliphatic rings. The molecule has 0 unspecified atom stereocenters. The Balaban J connectivity index is 1.68. The van der Waals surface area contributed by atoms with Gasteiger partial charge in [-0.25, -0.2) is 0 Å². The normalized spacial score (nSPS) is 10.8. The summed E-state index contributed by atoms with van der Waals surface area (Å²) < 4.78 is 6.16. The Hall–Kier alpha value is -3.11. The van der Waals surface area contributed by atoms with Crippen molar-refractivity contribution in [1.82, 2.24) is 5.32 Å². The third kappa shape index (κ3) is 5.49. The maximum absolute atomic E-state index is 10.9. The van der Waals surface area contributed by atoms with Crippen molar-refractivity contribution in [3.63, 3.8) is 0 Å². The molecule has 0 heterocycles. The Morgan fingerprint density at radius 2 is 1.67 bits per heavy atom. The SMILES string of the molecule is Cc1cc(OCc2cccc(-c3ccccc3)c2C)cc(C)c1CNCCC(N)=O. The summed E-state index contributed by atoms with van der Waals surface area (Å²) in [6.45, 7) is 8.16. The molecule has 3 aromatic carbocycles. The number of benzene rings is 3. The number of carbonyl (C=O) groups is 1. The zero-order valence-electron chi connectivity index (χ0n) is 18.0. The number of nitrogens with one attached hydrogen (secondary N) is 1. The molecule has 0 atom stereocenters. The van der Waals surface area contributed by atoms with Crippen LogP contribution < -0.4 is 15.8 Å². The van der Waals surface area contributed by atoms with Crippen molar-refractivity contribution >= 4 is 5.91 Å². The van der Waals surface area contributed by atoms with Crippen LogP contribution in [-0.4, -0.2) is 12.5 Å². The van der Waals surface area contributed by atoms with Crippen LogP contribution in [0.25, 0.3) is 11.1 Å². The summed E-state index contributed by atoms with van der Waals surface area (Å²) in [7, 11) is 0. The minimum Gasteiger partial charge on any atom is -0.489 e. The lowest BCUT2D eigenvalue weighted by atomic mass is 9.97. The van der Waals surface area contributed by atoms with E-state index in [-0.39, 0.29) is 5.91 Å². The molecule has 0 radical (unpaired) electrons. The van der Waals surface area contributed by atoms with Crippen LogP contribution in [0.2, 0.25) is 0 Å². The molecule has 0 aromatic heterocycles. The molecule has 4 nitrogen and oxygen atoms in total. The molecule has 4 heteroatoms. The monoisotopic (exact) mass is 402 g/mol. The number of hydrogen-bond donors (Lipinski definition) is 2. The highest BCUT2D eigenvalue weighted by Crippen LogP contribution is 2.27. The van der Waals surface area contributed by atoms with Gasteiger partial charge in [-0.15, -0.1) is 0 Å². The second kappa shape index (κ2) is 10.1.